The van der Waals surface area contributed by atoms with Crippen molar-refractivity contribution in [2.75, 3.05) is 7.11 Å². The molecule has 0 aromatic carbocycles. The number of carbonyl (C=O) groups excluding carboxylic acids is 1. The molecular weight excluding hydrogens is 298 g/mol. The van der Waals surface area contributed by atoms with Crippen molar-refractivity contribution >= 4 is 5.97 Å². The zero-order valence-corrected chi connectivity index (χ0v) is 15.5. The molecule has 134 valence electrons. The Morgan fingerprint density at radius 3 is 2.67 bits per heavy atom. The minimum absolute atomic E-state index is 0.00820. The van der Waals surface area contributed by atoms with Crippen molar-refractivity contribution in [3.8, 4) is 0 Å². The van der Waals surface area contributed by atoms with E-state index in [2.05, 4.69) is 26.0 Å². The average molecular weight is 332 g/mol. The fourth-order valence-electron chi connectivity index (χ4n) is 7.63. The summed E-state index contributed by atoms with van der Waals surface area (Å²) in [6.07, 6.45) is 13.0. The van der Waals surface area contributed by atoms with Gasteiger partial charge in [0.25, 0.3) is 0 Å². The summed E-state index contributed by atoms with van der Waals surface area (Å²) in [6, 6.07) is 0.223. The van der Waals surface area contributed by atoms with E-state index in [-0.39, 0.29) is 23.3 Å². The fraction of sp³-hybridized carbons (Fsp3) is 0.857. The van der Waals surface area contributed by atoms with Crippen LogP contribution in [0.4, 0.5) is 0 Å². The van der Waals surface area contributed by atoms with E-state index >= 15 is 0 Å². The molecule has 0 aromatic rings. The van der Waals surface area contributed by atoms with Gasteiger partial charge in [0.15, 0.2) is 0 Å². The summed E-state index contributed by atoms with van der Waals surface area (Å²) in [4.78, 5) is 12.4. The quantitative estimate of drug-likeness (QED) is 0.585. The molecule has 3 nitrogen and oxygen atoms in total. The third-order valence-corrected chi connectivity index (χ3v) is 8.70. The SMILES string of the molecule is COC(=O)[C@H]1CC[C@H]2[C@@H]3CC[C@H]4CC=CC[C@]4(C)[C@H]3[C@H](N)C[C@]12C. The maximum absolute atomic E-state index is 12.4. The highest BCUT2D eigenvalue weighted by molar-refractivity contribution is 5.73. The highest BCUT2D eigenvalue weighted by Crippen LogP contribution is 2.66. The summed E-state index contributed by atoms with van der Waals surface area (Å²) in [5, 5.41) is 0. The van der Waals surface area contributed by atoms with Crippen LogP contribution in [0.1, 0.15) is 58.8 Å². The van der Waals surface area contributed by atoms with E-state index in [1.54, 1.807) is 0 Å². The molecule has 0 amide bonds. The van der Waals surface area contributed by atoms with Gasteiger partial charge in [0.1, 0.15) is 0 Å². The molecule has 4 aliphatic rings. The first kappa shape index (κ1) is 16.6. The van der Waals surface area contributed by atoms with Crippen LogP contribution in [0.25, 0.3) is 0 Å². The zero-order chi connectivity index (χ0) is 17.1. The van der Waals surface area contributed by atoms with Crippen molar-refractivity contribution in [2.45, 2.75) is 64.8 Å². The molecule has 0 radical (unpaired) electrons. The third-order valence-electron chi connectivity index (χ3n) is 8.70. The van der Waals surface area contributed by atoms with Crippen molar-refractivity contribution < 1.29 is 9.53 Å². The average Bonchev–Trinajstić information content (AvgIpc) is 2.89. The summed E-state index contributed by atoms with van der Waals surface area (Å²) in [5.74, 6) is 2.81. The molecule has 0 spiro atoms. The van der Waals surface area contributed by atoms with Gasteiger partial charge in [-0.15, -0.1) is 0 Å². The van der Waals surface area contributed by atoms with Gasteiger partial charge in [0, 0.05) is 6.04 Å². The zero-order valence-electron chi connectivity index (χ0n) is 15.5. The van der Waals surface area contributed by atoms with Gasteiger partial charge in [-0.2, -0.15) is 0 Å². The van der Waals surface area contributed by atoms with Gasteiger partial charge < -0.3 is 10.5 Å². The Kier molecular flexibility index (Phi) is 3.87. The summed E-state index contributed by atoms with van der Waals surface area (Å²) >= 11 is 0. The highest BCUT2D eigenvalue weighted by atomic mass is 16.5. The highest BCUT2D eigenvalue weighted by Gasteiger charge is 2.63. The summed E-state index contributed by atoms with van der Waals surface area (Å²) in [6.45, 7) is 4.84. The van der Waals surface area contributed by atoms with E-state index in [1.165, 1.54) is 39.2 Å². The van der Waals surface area contributed by atoms with Gasteiger partial charge in [0.2, 0.25) is 0 Å². The number of rotatable bonds is 1. The van der Waals surface area contributed by atoms with Gasteiger partial charge in [0.05, 0.1) is 13.0 Å². The van der Waals surface area contributed by atoms with Crippen LogP contribution in [0.3, 0.4) is 0 Å². The van der Waals surface area contributed by atoms with E-state index in [1.807, 2.05) is 0 Å². The number of allylic oxidation sites excluding steroid dienone is 2. The largest absolute Gasteiger partial charge is 0.469 e. The first-order chi connectivity index (χ1) is 11.4. The Morgan fingerprint density at radius 2 is 1.92 bits per heavy atom. The minimum Gasteiger partial charge on any atom is -0.469 e. The molecule has 3 heteroatoms. The second kappa shape index (κ2) is 5.59. The van der Waals surface area contributed by atoms with E-state index < -0.39 is 0 Å². The van der Waals surface area contributed by atoms with Crippen molar-refractivity contribution in [1.82, 2.24) is 0 Å². The monoisotopic (exact) mass is 331 g/mol. The van der Waals surface area contributed by atoms with Crippen LogP contribution >= 0.6 is 0 Å². The summed E-state index contributed by atoms with van der Waals surface area (Å²) in [5.41, 5.74) is 7.26. The Labute approximate surface area is 146 Å². The topological polar surface area (TPSA) is 52.3 Å². The standard InChI is InChI=1S/C21H33NO2/c1-20-11-5-4-6-13(20)7-8-14-15-9-10-16(19(23)24-3)21(15,2)12-17(22)18(14)20/h4-5,13-18H,6-12,22H2,1-3H3/t13-,14+,15+,16-,17-,18-,20+,21+/m1/s1. The molecule has 8 atom stereocenters. The van der Waals surface area contributed by atoms with Crippen molar-refractivity contribution in [3.63, 3.8) is 0 Å². The maximum atomic E-state index is 12.4. The Morgan fingerprint density at radius 1 is 1.12 bits per heavy atom. The lowest BCUT2D eigenvalue weighted by Crippen LogP contribution is -2.60. The number of methoxy groups -OCH3 is 1. The van der Waals surface area contributed by atoms with Crippen LogP contribution in [0.5, 0.6) is 0 Å². The number of hydrogen-bond donors (Lipinski definition) is 1. The molecule has 3 saturated carbocycles. The molecule has 0 aliphatic heterocycles. The van der Waals surface area contributed by atoms with Gasteiger partial charge in [-0.05, 0) is 79.4 Å². The molecule has 24 heavy (non-hydrogen) atoms. The number of ether oxygens (including phenoxy) is 1. The van der Waals surface area contributed by atoms with Gasteiger partial charge >= 0.3 is 5.97 Å². The van der Waals surface area contributed by atoms with Gasteiger partial charge in [-0.3, -0.25) is 4.79 Å². The van der Waals surface area contributed by atoms with Gasteiger partial charge in [-0.25, -0.2) is 0 Å². The van der Waals surface area contributed by atoms with Crippen LogP contribution in [0.15, 0.2) is 12.2 Å². The normalized spacial score (nSPS) is 53.0. The predicted octanol–water partition coefficient (Wildman–Crippen LogP) is 3.92. The van der Waals surface area contributed by atoms with Crippen molar-refractivity contribution in [2.24, 2.45) is 46.2 Å². The van der Waals surface area contributed by atoms with Crippen molar-refractivity contribution in [1.29, 1.82) is 0 Å². The second-order valence-electron chi connectivity index (χ2n) is 9.51. The minimum atomic E-state index is -0.00820. The molecular formula is C21H33NO2. The summed E-state index contributed by atoms with van der Waals surface area (Å²) < 4.78 is 5.14. The Hall–Kier alpha value is -0.830. The lowest BCUT2D eigenvalue weighted by Gasteiger charge is -2.61. The smallest absolute Gasteiger partial charge is 0.309 e. The van der Waals surface area contributed by atoms with Crippen LogP contribution in [0, 0.1) is 40.4 Å². The molecule has 4 rings (SSSR count). The first-order valence-corrected chi connectivity index (χ1v) is 9.90. The molecule has 3 fully saturated rings. The first-order valence-electron chi connectivity index (χ1n) is 9.90. The van der Waals surface area contributed by atoms with Gasteiger partial charge in [-0.1, -0.05) is 26.0 Å². The Bertz CT molecular complexity index is 558. The second-order valence-corrected chi connectivity index (χ2v) is 9.51. The van der Waals surface area contributed by atoms with Crippen LogP contribution in [-0.4, -0.2) is 19.1 Å². The lowest BCUT2D eigenvalue weighted by molar-refractivity contribution is -0.155. The fourth-order valence-corrected chi connectivity index (χ4v) is 7.63. The van der Waals surface area contributed by atoms with Crippen LogP contribution in [-0.2, 0) is 9.53 Å². The van der Waals surface area contributed by atoms with Crippen LogP contribution in [0.2, 0.25) is 0 Å². The van der Waals surface area contributed by atoms with E-state index in [9.17, 15) is 4.79 Å². The lowest BCUT2D eigenvalue weighted by atomic mass is 9.44. The molecule has 0 bridgehead atoms. The summed E-state index contributed by atoms with van der Waals surface area (Å²) in [7, 11) is 1.53. The number of carbonyl (C=O) groups is 1. The number of nitrogens with two attached hydrogens (primary N) is 1. The van der Waals surface area contributed by atoms with Crippen molar-refractivity contribution in [3.05, 3.63) is 12.2 Å². The maximum Gasteiger partial charge on any atom is 0.309 e. The number of esters is 1. The Balaban J connectivity index is 1.68. The molecule has 0 saturated heterocycles. The van der Waals surface area contributed by atoms with E-state index in [0.29, 0.717) is 23.2 Å². The van der Waals surface area contributed by atoms with E-state index in [4.69, 9.17) is 10.5 Å². The molecule has 2 N–H and O–H groups in total. The third kappa shape index (κ3) is 2.09. The van der Waals surface area contributed by atoms with Crippen LogP contribution < -0.4 is 5.73 Å². The molecule has 4 aliphatic carbocycles. The molecule has 0 unspecified atom stereocenters. The molecule has 0 heterocycles. The molecule has 0 aromatic heterocycles. The number of fused-ring (bicyclic) bond motifs is 5. The van der Waals surface area contributed by atoms with E-state index in [0.717, 1.165) is 18.8 Å². The predicted molar refractivity (Wildman–Crippen MR) is 95.1 cm³/mol. The number of hydrogen-bond acceptors (Lipinski definition) is 3.